The van der Waals surface area contributed by atoms with Gasteiger partial charge in [0.25, 0.3) is 0 Å². The molecule has 3 heterocycles. The number of sulfonamides is 1. The number of aromatic nitrogens is 2. The van der Waals surface area contributed by atoms with Gasteiger partial charge in [0.1, 0.15) is 17.8 Å². The van der Waals surface area contributed by atoms with Crippen molar-refractivity contribution in [1.82, 2.24) is 14.9 Å². The van der Waals surface area contributed by atoms with Crippen LogP contribution in [0.1, 0.15) is 51.2 Å². The van der Waals surface area contributed by atoms with Gasteiger partial charge in [0.15, 0.2) is 0 Å². The highest BCUT2D eigenvalue weighted by Gasteiger charge is 2.30. The number of aliphatic imine (C=N–C) groups is 1. The van der Waals surface area contributed by atoms with E-state index in [1.54, 1.807) is 39.2 Å². The van der Waals surface area contributed by atoms with Gasteiger partial charge < -0.3 is 15.5 Å². The summed E-state index contributed by atoms with van der Waals surface area (Å²) in [6.07, 6.45) is 4.34. The van der Waals surface area contributed by atoms with Crippen molar-refractivity contribution in [1.29, 1.82) is 0 Å². The number of likely N-dealkylation sites (tertiary alicyclic amines) is 1. The first-order valence-electron chi connectivity index (χ1n) is 12.9. The average Bonchev–Trinajstić information content (AvgIpc) is 2.83. The van der Waals surface area contributed by atoms with Gasteiger partial charge >= 0.3 is 0 Å². The Morgan fingerprint density at radius 3 is 2.45 bits per heavy atom. The SMILES string of the molecule is Cc1ccc(Nc2nc(NC3=NC=C(C4CCN(C)CC4)C(F)C3)ncc2C)cc1NS(=O)(=O)C(C)(C)C. The zero-order chi connectivity index (χ0) is 27.7. The number of hydrogen-bond donors (Lipinski definition) is 3. The summed E-state index contributed by atoms with van der Waals surface area (Å²) in [5.74, 6) is 1.58. The molecule has 0 saturated carbocycles. The van der Waals surface area contributed by atoms with Crippen molar-refractivity contribution in [2.75, 3.05) is 35.5 Å². The van der Waals surface area contributed by atoms with E-state index in [2.05, 4.69) is 42.3 Å². The summed E-state index contributed by atoms with van der Waals surface area (Å²) in [6, 6.07) is 5.43. The summed E-state index contributed by atoms with van der Waals surface area (Å²) in [6.45, 7) is 10.6. The molecule has 38 heavy (non-hydrogen) atoms. The van der Waals surface area contributed by atoms with E-state index in [1.165, 1.54) is 0 Å². The first-order chi connectivity index (χ1) is 17.8. The molecular formula is C27H38FN7O2S. The molecule has 9 nitrogen and oxygen atoms in total. The fraction of sp³-hybridized carbons (Fsp3) is 0.519. The molecule has 0 radical (unpaired) electrons. The third kappa shape index (κ3) is 6.50. The van der Waals surface area contributed by atoms with Crippen LogP contribution in [0.5, 0.6) is 0 Å². The highest BCUT2D eigenvalue weighted by molar-refractivity contribution is 7.94. The number of rotatable bonds is 6. The fourth-order valence-electron chi connectivity index (χ4n) is 4.36. The molecule has 1 aromatic heterocycles. The molecule has 2 aromatic rings. The van der Waals surface area contributed by atoms with Crippen molar-refractivity contribution in [2.24, 2.45) is 10.9 Å². The Bertz CT molecular complexity index is 1340. The van der Waals surface area contributed by atoms with Gasteiger partial charge in [0, 0.05) is 30.1 Å². The number of hydrogen-bond acceptors (Lipinski definition) is 8. The molecule has 0 aliphatic carbocycles. The average molecular weight is 544 g/mol. The number of halogens is 1. The zero-order valence-electron chi connectivity index (χ0n) is 23.0. The van der Waals surface area contributed by atoms with Gasteiger partial charge in [-0.3, -0.25) is 4.72 Å². The molecule has 1 atom stereocenters. The predicted octanol–water partition coefficient (Wildman–Crippen LogP) is 5.16. The largest absolute Gasteiger partial charge is 0.340 e. The minimum Gasteiger partial charge on any atom is -0.340 e. The number of nitrogens with one attached hydrogen (secondary N) is 3. The van der Waals surface area contributed by atoms with E-state index in [9.17, 15) is 8.42 Å². The Labute approximate surface area is 225 Å². The van der Waals surface area contributed by atoms with Gasteiger partial charge in [0.2, 0.25) is 16.0 Å². The van der Waals surface area contributed by atoms with Gasteiger partial charge in [-0.2, -0.15) is 4.98 Å². The number of aryl methyl sites for hydroxylation is 2. The summed E-state index contributed by atoms with van der Waals surface area (Å²) in [7, 11) is -1.48. The normalized spacial score (nSPS) is 19.5. The summed E-state index contributed by atoms with van der Waals surface area (Å²) in [5.41, 5.74) is 3.54. The number of amidine groups is 1. The zero-order valence-corrected chi connectivity index (χ0v) is 23.8. The molecular weight excluding hydrogens is 505 g/mol. The molecule has 2 aliphatic heterocycles. The monoisotopic (exact) mass is 543 g/mol. The van der Waals surface area contributed by atoms with Crippen LogP contribution >= 0.6 is 0 Å². The van der Waals surface area contributed by atoms with Gasteiger partial charge in [-0.15, -0.1) is 0 Å². The number of nitrogens with zero attached hydrogens (tertiary/aromatic N) is 4. The number of alkyl halides is 1. The fourth-order valence-corrected chi connectivity index (χ4v) is 5.18. The van der Waals surface area contributed by atoms with Crippen molar-refractivity contribution in [2.45, 2.75) is 64.8 Å². The van der Waals surface area contributed by atoms with Crippen molar-refractivity contribution < 1.29 is 12.8 Å². The number of piperidine rings is 1. The van der Waals surface area contributed by atoms with Crippen molar-refractivity contribution >= 4 is 39.0 Å². The molecule has 206 valence electrons. The Kier molecular flexibility index (Phi) is 8.08. The van der Waals surface area contributed by atoms with Crippen molar-refractivity contribution in [3.05, 3.63) is 47.3 Å². The molecule has 4 rings (SSSR count). The van der Waals surface area contributed by atoms with Crippen LogP contribution in [0.3, 0.4) is 0 Å². The van der Waals surface area contributed by atoms with E-state index in [0.717, 1.165) is 42.6 Å². The molecule has 11 heteroatoms. The number of anilines is 4. The molecule has 2 aliphatic rings. The van der Waals surface area contributed by atoms with E-state index in [-0.39, 0.29) is 12.3 Å². The van der Waals surface area contributed by atoms with Crippen molar-refractivity contribution in [3.63, 3.8) is 0 Å². The van der Waals surface area contributed by atoms with Crippen LogP contribution < -0.4 is 15.4 Å². The third-order valence-electron chi connectivity index (χ3n) is 7.07. The van der Waals surface area contributed by atoms with Crippen molar-refractivity contribution in [3.8, 4) is 0 Å². The van der Waals surface area contributed by atoms with E-state index in [0.29, 0.717) is 29.0 Å². The van der Waals surface area contributed by atoms with Crippen LogP contribution in [-0.2, 0) is 10.0 Å². The number of benzene rings is 1. The minimum atomic E-state index is -3.58. The Hall–Kier alpha value is -3.05. The maximum absolute atomic E-state index is 15.1. The maximum atomic E-state index is 15.1. The molecule has 0 bridgehead atoms. The smallest absolute Gasteiger partial charge is 0.237 e. The summed E-state index contributed by atoms with van der Waals surface area (Å²) in [4.78, 5) is 15.7. The highest BCUT2D eigenvalue weighted by atomic mass is 32.2. The van der Waals surface area contributed by atoms with Gasteiger partial charge in [-0.25, -0.2) is 22.8 Å². The lowest BCUT2D eigenvalue weighted by Crippen LogP contribution is -2.34. The Morgan fingerprint density at radius 2 is 1.79 bits per heavy atom. The second-order valence-electron chi connectivity index (χ2n) is 11.2. The minimum absolute atomic E-state index is 0.160. The third-order valence-corrected chi connectivity index (χ3v) is 9.17. The van der Waals surface area contributed by atoms with Crippen LogP contribution in [0.25, 0.3) is 0 Å². The standard InChI is InChI=1S/C27H38FN7O2S/c1-17-7-8-20(13-23(17)34-38(36,37)27(3,4)5)31-25-18(2)15-30-26(33-25)32-24-14-22(28)21(16-29-24)19-9-11-35(6)12-10-19/h7-8,13,15-16,19,22,34H,9-12,14H2,1-6H3,(H2,29,30,31,32,33). The van der Waals surface area contributed by atoms with Crippen LogP contribution in [0, 0.1) is 19.8 Å². The Morgan fingerprint density at radius 1 is 1.08 bits per heavy atom. The molecule has 0 spiro atoms. The summed E-state index contributed by atoms with van der Waals surface area (Å²) < 4.78 is 42.2. The molecule has 1 aromatic carbocycles. The first-order valence-corrected chi connectivity index (χ1v) is 14.4. The highest BCUT2D eigenvalue weighted by Crippen LogP contribution is 2.32. The maximum Gasteiger partial charge on any atom is 0.237 e. The lowest BCUT2D eigenvalue weighted by atomic mass is 9.85. The lowest BCUT2D eigenvalue weighted by Gasteiger charge is -2.32. The van der Waals surface area contributed by atoms with E-state index < -0.39 is 20.9 Å². The summed E-state index contributed by atoms with van der Waals surface area (Å²) >= 11 is 0. The van der Waals surface area contributed by atoms with E-state index in [1.807, 2.05) is 26.0 Å². The van der Waals surface area contributed by atoms with Crippen LogP contribution in [0.15, 0.2) is 41.2 Å². The molecule has 1 unspecified atom stereocenters. The number of allylic oxidation sites excluding steroid dienone is 1. The van der Waals surface area contributed by atoms with Gasteiger partial charge in [-0.05, 0) is 96.8 Å². The quantitative estimate of drug-likeness (QED) is 0.462. The molecule has 1 fully saturated rings. The Balaban J connectivity index is 1.49. The van der Waals surface area contributed by atoms with Crippen LogP contribution in [-0.4, -0.2) is 60.2 Å². The topological polar surface area (TPSA) is 112 Å². The van der Waals surface area contributed by atoms with E-state index >= 15 is 4.39 Å². The molecule has 0 amide bonds. The van der Waals surface area contributed by atoms with Gasteiger partial charge in [0.05, 0.1) is 10.4 Å². The second kappa shape index (κ2) is 11.0. The lowest BCUT2D eigenvalue weighted by molar-refractivity contribution is 0.221. The van der Waals surface area contributed by atoms with Gasteiger partial charge in [-0.1, -0.05) is 6.07 Å². The second-order valence-corrected chi connectivity index (χ2v) is 13.6. The molecule has 3 N–H and O–H groups in total. The van der Waals surface area contributed by atoms with Crippen LogP contribution in [0.2, 0.25) is 0 Å². The van der Waals surface area contributed by atoms with Crippen LogP contribution in [0.4, 0.5) is 27.5 Å². The predicted molar refractivity (Wildman–Crippen MR) is 152 cm³/mol. The first kappa shape index (κ1) is 28.0. The summed E-state index contributed by atoms with van der Waals surface area (Å²) in [5, 5.41) is 6.32. The molecule has 1 saturated heterocycles. The van der Waals surface area contributed by atoms with E-state index in [4.69, 9.17) is 0 Å².